The second-order valence-corrected chi connectivity index (χ2v) is 6.76. The molecule has 26 heavy (non-hydrogen) atoms. The van der Waals surface area contributed by atoms with Crippen LogP contribution in [0.2, 0.25) is 5.02 Å². The third-order valence-corrected chi connectivity index (χ3v) is 3.82. The van der Waals surface area contributed by atoms with E-state index in [4.69, 9.17) is 32.4 Å². The predicted molar refractivity (Wildman–Crippen MR) is 93.8 cm³/mol. The van der Waals surface area contributed by atoms with Gasteiger partial charge in [0, 0.05) is 17.0 Å². The third kappa shape index (κ3) is 5.43. The number of benzene rings is 1. The van der Waals surface area contributed by atoms with Gasteiger partial charge in [0.15, 0.2) is 0 Å². The Bertz CT molecular complexity index is 792. The number of amides is 2. The van der Waals surface area contributed by atoms with Gasteiger partial charge >= 0.3 is 6.09 Å². The molecule has 1 aromatic heterocycles. The first-order valence-electron chi connectivity index (χ1n) is 7.77. The van der Waals surface area contributed by atoms with Gasteiger partial charge in [0.25, 0.3) is 0 Å². The lowest BCUT2D eigenvalue weighted by Crippen LogP contribution is -2.35. The number of nitrogens with two attached hydrogens (primary N) is 2. The Hall–Kier alpha value is -2.65. The maximum atomic E-state index is 11.7. The summed E-state index contributed by atoms with van der Waals surface area (Å²) in [6.45, 7) is 3.33. The maximum absolute atomic E-state index is 11.7. The number of aromatic nitrogens is 2. The van der Waals surface area contributed by atoms with Crippen molar-refractivity contribution in [3.8, 4) is 11.4 Å². The highest BCUT2D eigenvalue weighted by molar-refractivity contribution is 6.30. The highest BCUT2D eigenvalue weighted by Gasteiger charge is 2.32. The van der Waals surface area contributed by atoms with Crippen LogP contribution in [0.15, 0.2) is 28.8 Å². The van der Waals surface area contributed by atoms with Crippen molar-refractivity contribution in [3.05, 3.63) is 35.2 Å². The minimum absolute atomic E-state index is 0.0285. The molecule has 2 aromatic rings. The molecule has 1 aromatic carbocycles. The number of nitrogens with one attached hydrogen (secondary N) is 1. The normalized spacial score (nSPS) is 12.5. The number of halogens is 1. The van der Waals surface area contributed by atoms with Crippen LogP contribution in [0.25, 0.3) is 11.4 Å². The summed E-state index contributed by atoms with van der Waals surface area (Å²) in [6.07, 6.45) is -0.720. The molecule has 1 heterocycles. The predicted octanol–water partition coefficient (Wildman–Crippen LogP) is 2.12. The molecule has 2 amide bonds. The van der Waals surface area contributed by atoms with E-state index < -0.39 is 23.5 Å². The third-order valence-electron chi connectivity index (χ3n) is 3.58. The van der Waals surface area contributed by atoms with Gasteiger partial charge in [-0.15, -0.1) is 0 Å². The molecule has 0 spiro atoms. The first-order valence-corrected chi connectivity index (χ1v) is 8.15. The molecule has 140 valence electrons. The number of carbonyl (C=O) groups excluding carboxylic acids is 2. The van der Waals surface area contributed by atoms with Gasteiger partial charge in [-0.2, -0.15) is 4.98 Å². The molecule has 1 atom stereocenters. The van der Waals surface area contributed by atoms with Crippen molar-refractivity contribution in [2.24, 2.45) is 11.6 Å². The quantitative estimate of drug-likeness (QED) is 0.378. The number of primary amides is 1. The minimum Gasteiger partial charge on any atom is -0.444 e. The highest BCUT2D eigenvalue weighted by Crippen LogP contribution is 2.31. The lowest BCUT2D eigenvalue weighted by Gasteiger charge is -2.27. The van der Waals surface area contributed by atoms with Crippen molar-refractivity contribution in [1.29, 1.82) is 0 Å². The van der Waals surface area contributed by atoms with Crippen molar-refractivity contribution < 1.29 is 18.8 Å². The Morgan fingerprint density at radius 2 is 2.15 bits per heavy atom. The zero-order valence-electron chi connectivity index (χ0n) is 14.4. The van der Waals surface area contributed by atoms with Gasteiger partial charge in [-0.05, 0) is 32.4 Å². The van der Waals surface area contributed by atoms with E-state index in [9.17, 15) is 9.59 Å². The number of carbonyl (C=O) groups is 2. The van der Waals surface area contributed by atoms with Crippen molar-refractivity contribution in [2.75, 3.05) is 0 Å². The number of hydrogen-bond acceptors (Lipinski definition) is 7. The summed E-state index contributed by atoms with van der Waals surface area (Å²) in [5, 5.41) is 4.46. The second kappa shape index (κ2) is 8.15. The maximum Gasteiger partial charge on any atom is 0.405 e. The molecule has 9 nitrogen and oxygen atoms in total. The van der Waals surface area contributed by atoms with Gasteiger partial charge in [0.05, 0.1) is 5.92 Å². The molecule has 5 N–H and O–H groups in total. The van der Waals surface area contributed by atoms with Crippen molar-refractivity contribution in [2.45, 2.75) is 38.2 Å². The molecule has 0 saturated carbocycles. The standard InChI is InChI=1S/C16H20ClN5O4/c1-16(2,25-15(18)24)8-10(7-12(23)21-19)14-20-13(22-26-14)9-4-3-5-11(17)6-9/h3-6,10H,7-8,19H2,1-2H3,(H2,18,24)(H,21,23). The van der Waals surface area contributed by atoms with E-state index in [1.54, 1.807) is 38.1 Å². The lowest BCUT2D eigenvalue weighted by molar-refractivity contribution is -0.121. The minimum atomic E-state index is -0.948. The van der Waals surface area contributed by atoms with Crippen LogP contribution in [0.5, 0.6) is 0 Å². The van der Waals surface area contributed by atoms with Crippen LogP contribution in [0.1, 0.15) is 38.5 Å². The van der Waals surface area contributed by atoms with Gasteiger partial charge < -0.3 is 15.0 Å². The van der Waals surface area contributed by atoms with E-state index in [1.807, 2.05) is 0 Å². The molecule has 0 aliphatic rings. The topological polar surface area (TPSA) is 146 Å². The van der Waals surface area contributed by atoms with E-state index in [1.165, 1.54) is 0 Å². The van der Waals surface area contributed by atoms with Crippen LogP contribution in [0, 0.1) is 0 Å². The van der Waals surface area contributed by atoms with Gasteiger partial charge in [-0.1, -0.05) is 28.9 Å². The van der Waals surface area contributed by atoms with E-state index in [0.717, 1.165) is 0 Å². The van der Waals surface area contributed by atoms with Crippen molar-refractivity contribution >= 4 is 23.6 Å². The van der Waals surface area contributed by atoms with Crippen LogP contribution in [-0.2, 0) is 9.53 Å². The SMILES string of the molecule is CC(C)(CC(CC(=O)NN)c1nc(-c2cccc(Cl)c2)no1)OC(N)=O. The number of hydrazine groups is 1. The van der Waals surface area contributed by atoms with Crippen LogP contribution in [0.3, 0.4) is 0 Å². The lowest BCUT2D eigenvalue weighted by atomic mass is 9.90. The van der Waals surface area contributed by atoms with Crippen molar-refractivity contribution in [3.63, 3.8) is 0 Å². The van der Waals surface area contributed by atoms with Gasteiger partial charge in [0.2, 0.25) is 17.6 Å². The molecule has 0 aliphatic carbocycles. The Labute approximate surface area is 155 Å². The monoisotopic (exact) mass is 381 g/mol. The summed E-state index contributed by atoms with van der Waals surface area (Å²) in [6, 6.07) is 6.96. The Balaban J connectivity index is 2.28. The molecule has 0 fully saturated rings. The number of hydrogen-bond donors (Lipinski definition) is 3. The number of nitrogens with zero attached hydrogens (tertiary/aromatic N) is 2. The molecule has 1 unspecified atom stereocenters. The molecule has 0 saturated heterocycles. The zero-order chi connectivity index (χ0) is 19.3. The van der Waals surface area contributed by atoms with E-state index in [2.05, 4.69) is 15.6 Å². The Morgan fingerprint density at radius 3 is 2.77 bits per heavy atom. The first-order chi connectivity index (χ1) is 12.2. The van der Waals surface area contributed by atoms with Crippen molar-refractivity contribution in [1.82, 2.24) is 15.6 Å². The van der Waals surface area contributed by atoms with Crippen LogP contribution in [-0.4, -0.2) is 27.7 Å². The number of rotatable bonds is 7. The first kappa shape index (κ1) is 19.7. The zero-order valence-corrected chi connectivity index (χ0v) is 15.1. The largest absolute Gasteiger partial charge is 0.444 e. The molecule has 10 heteroatoms. The van der Waals surface area contributed by atoms with Crippen LogP contribution in [0.4, 0.5) is 4.79 Å². The van der Waals surface area contributed by atoms with Gasteiger partial charge in [-0.3, -0.25) is 10.2 Å². The second-order valence-electron chi connectivity index (χ2n) is 6.32. The van der Waals surface area contributed by atoms with Crippen LogP contribution >= 0.6 is 11.6 Å². The fourth-order valence-electron chi connectivity index (χ4n) is 2.58. The average molecular weight is 382 g/mol. The van der Waals surface area contributed by atoms with Crippen LogP contribution < -0.4 is 17.0 Å². The molecule has 0 bridgehead atoms. The molecular weight excluding hydrogens is 362 g/mol. The Kier molecular flexibility index (Phi) is 6.17. The number of ether oxygens (including phenoxy) is 1. The summed E-state index contributed by atoms with van der Waals surface area (Å²) in [4.78, 5) is 27.2. The fraction of sp³-hybridized carbons (Fsp3) is 0.375. The Morgan fingerprint density at radius 1 is 1.42 bits per heavy atom. The smallest absolute Gasteiger partial charge is 0.405 e. The summed E-state index contributed by atoms with van der Waals surface area (Å²) >= 11 is 5.97. The molecule has 2 rings (SSSR count). The van der Waals surface area contributed by atoms with Gasteiger partial charge in [0.1, 0.15) is 5.60 Å². The van der Waals surface area contributed by atoms with E-state index in [-0.39, 0.29) is 18.7 Å². The van der Waals surface area contributed by atoms with E-state index >= 15 is 0 Å². The molecule has 0 radical (unpaired) electrons. The molecular formula is C16H20ClN5O4. The average Bonchev–Trinajstić information content (AvgIpc) is 3.02. The summed E-state index contributed by atoms with van der Waals surface area (Å²) in [7, 11) is 0. The van der Waals surface area contributed by atoms with Gasteiger partial charge in [-0.25, -0.2) is 10.6 Å². The van der Waals surface area contributed by atoms with E-state index in [0.29, 0.717) is 16.4 Å². The fourth-order valence-corrected chi connectivity index (χ4v) is 2.77. The highest BCUT2D eigenvalue weighted by atomic mass is 35.5. The summed E-state index contributed by atoms with van der Waals surface area (Å²) in [5.74, 6) is 4.75. The summed E-state index contributed by atoms with van der Waals surface area (Å²) < 4.78 is 10.4. The molecule has 0 aliphatic heterocycles. The summed E-state index contributed by atoms with van der Waals surface area (Å²) in [5.41, 5.74) is 6.87.